The number of hydrogen-bond acceptors (Lipinski definition) is 3. The van der Waals surface area contributed by atoms with Crippen molar-refractivity contribution in [3.8, 4) is 0 Å². The van der Waals surface area contributed by atoms with Gasteiger partial charge in [-0.1, -0.05) is 29.8 Å². The van der Waals surface area contributed by atoms with Crippen LogP contribution in [0.15, 0.2) is 24.3 Å². The predicted molar refractivity (Wildman–Crippen MR) is 80.5 cm³/mol. The Balaban J connectivity index is 1.73. The lowest BCUT2D eigenvalue weighted by molar-refractivity contribution is 0.109. The third-order valence-corrected chi connectivity index (χ3v) is 5.19. The second kappa shape index (κ2) is 7.41. The molecule has 0 amide bonds. The van der Waals surface area contributed by atoms with Crippen LogP contribution in [0.2, 0.25) is 5.02 Å². The number of sulfonamides is 1. The number of rotatable bonds is 7. The minimum atomic E-state index is -3.23. The van der Waals surface area contributed by atoms with Crippen molar-refractivity contribution < 1.29 is 13.2 Å². The van der Waals surface area contributed by atoms with Crippen LogP contribution in [0.5, 0.6) is 0 Å². The summed E-state index contributed by atoms with van der Waals surface area (Å²) in [6, 6.07) is 7.47. The molecule has 1 aliphatic heterocycles. The smallest absolute Gasteiger partial charge is 0.211 e. The molecule has 1 fully saturated rings. The molecular formula is C14H20ClNO3S. The highest BCUT2D eigenvalue weighted by Gasteiger charge is 2.19. The van der Waals surface area contributed by atoms with Crippen LogP contribution in [0.25, 0.3) is 0 Å². The zero-order chi connectivity index (χ0) is 14.4. The van der Waals surface area contributed by atoms with Gasteiger partial charge in [0.2, 0.25) is 10.0 Å². The first kappa shape index (κ1) is 15.8. The molecule has 4 nitrogen and oxygen atoms in total. The molecular weight excluding hydrogens is 298 g/mol. The second-order valence-electron chi connectivity index (χ2n) is 4.98. The monoisotopic (exact) mass is 317 g/mol. The highest BCUT2D eigenvalue weighted by atomic mass is 35.5. The number of ether oxygens (including phenoxy) is 1. The molecule has 1 N–H and O–H groups in total. The first-order valence-corrected chi connectivity index (χ1v) is 8.92. The molecule has 0 bridgehead atoms. The van der Waals surface area contributed by atoms with Crippen LogP contribution in [-0.4, -0.2) is 33.4 Å². The summed E-state index contributed by atoms with van der Waals surface area (Å²) in [5, 5.41) is 0.672. The van der Waals surface area contributed by atoms with Gasteiger partial charge in [-0.05, 0) is 37.3 Å². The third-order valence-electron chi connectivity index (χ3n) is 3.41. The van der Waals surface area contributed by atoms with Gasteiger partial charge in [0, 0.05) is 18.2 Å². The second-order valence-corrected chi connectivity index (χ2v) is 7.31. The largest absolute Gasteiger partial charge is 0.378 e. The van der Waals surface area contributed by atoms with E-state index >= 15 is 0 Å². The van der Waals surface area contributed by atoms with Crippen molar-refractivity contribution in [2.24, 2.45) is 0 Å². The van der Waals surface area contributed by atoms with Crippen LogP contribution < -0.4 is 4.72 Å². The van der Waals surface area contributed by atoms with E-state index in [9.17, 15) is 8.42 Å². The van der Waals surface area contributed by atoms with Crippen molar-refractivity contribution in [3.05, 3.63) is 34.9 Å². The third kappa shape index (κ3) is 5.05. The van der Waals surface area contributed by atoms with Crippen molar-refractivity contribution in [1.82, 2.24) is 4.72 Å². The average Bonchev–Trinajstić information content (AvgIpc) is 2.92. The van der Waals surface area contributed by atoms with E-state index in [-0.39, 0.29) is 11.9 Å². The van der Waals surface area contributed by atoms with Gasteiger partial charge in [-0.15, -0.1) is 0 Å². The minimum absolute atomic E-state index is 0.107. The van der Waals surface area contributed by atoms with Gasteiger partial charge in [0.15, 0.2) is 0 Å². The fourth-order valence-corrected chi connectivity index (χ4v) is 3.63. The zero-order valence-electron chi connectivity index (χ0n) is 11.3. The normalized spacial score (nSPS) is 19.4. The van der Waals surface area contributed by atoms with E-state index in [0.29, 0.717) is 24.4 Å². The topological polar surface area (TPSA) is 55.4 Å². The summed E-state index contributed by atoms with van der Waals surface area (Å²) >= 11 is 6.03. The molecule has 1 saturated heterocycles. The Bertz CT molecular complexity index is 527. The van der Waals surface area contributed by atoms with Gasteiger partial charge >= 0.3 is 0 Å². The molecule has 1 aromatic carbocycles. The highest BCUT2D eigenvalue weighted by Crippen LogP contribution is 2.16. The van der Waals surface area contributed by atoms with E-state index in [1.54, 1.807) is 0 Å². The maximum Gasteiger partial charge on any atom is 0.211 e. The first-order chi connectivity index (χ1) is 9.57. The van der Waals surface area contributed by atoms with E-state index in [1.807, 2.05) is 24.3 Å². The number of halogens is 1. The van der Waals surface area contributed by atoms with E-state index < -0.39 is 10.0 Å². The highest BCUT2D eigenvalue weighted by molar-refractivity contribution is 7.89. The summed E-state index contributed by atoms with van der Waals surface area (Å²) in [5.41, 5.74) is 0.955. The summed E-state index contributed by atoms with van der Waals surface area (Å²) in [7, 11) is -3.23. The Morgan fingerprint density at radius 1 is 1.35 bits per heavy atom. The standard InChI is InChI=1S/C14H20ClNO3S/c15-14-6-2-1-4-12(14)7-9-16-20(17,18)11-8-13-5-3-10-19-13/h1-2,4,6,13,16H,3,5,7-11H2/t13-/m0/s1. The van der Waals surface area contributed by atoms with Gasteiger partial charge in [0.1, 0.15) is 0 Å². The van der Waals surface area contributed by atoms with E-state index in [1.165, 1.54) is 0 Å². The van der Waals surface area contributed by atoms with Gasteiger partial charge < -0.3 is 4.74 Å². The Hall–Kier alpha value is -0.620. The molecule has 0 aromatic heterocycles. The maximum atomic E-state index is 11.9. The van der Waals surface area contributed by atoms with Crippen LogP contribution in [-0.2, 0) is 21.2 Å². The van der Waals surface area contributed by atoms with Crippen LogP contribution in [0.3, 0.4) is 0 Å². The zero-order valence-corrected chi connectivity index (χ0v) is 12.9. The molecule has 0 spiro atoms. The SMILES string of the molecule is O=S(=O)(CC[C@@H]1CCCO1)NCCc1ccccc1Cl. The van der Waals surface area contributed by atoms with Crippen LogP contribution >= 0.6 is 11.6 Å². The lowest BCUT2D eigenvalue weighted by Gasteiger charge is -2.11. The summed E-state index contributed by atoms with van der Waals surface area (Å²) in [6.45, 7) is 1.13. The molecule has 6 heteroatoms. The summed E-state index contributed by atoms with van der Waals surface area (Å²) in [5.74, 6) is 0.125. The molecule has 1 heterocycles. The maximum absolute atomic E-state index is 11.9. The molecule has 112 valence electrons. The number of hydrogen-bond donors (Lipinski definition) is 1. The van der Waals surface area contributed by atoms with Crippen molar-refractivity contribution in [3.63, 3.8) is 0 Å². The van der Waals surface area contributed by atoms with Crippen molar-refractivity contribution in [2.45, 2.75) is 31.8 Å². The molecule has 0 radical (unpaired) electrons. The van der Waals surface area contributed by atoms with Gasteiger partial charge in [0.05, 0.1) is 11.9 Å². The molecule has 1 aliphatic rings. The van der Waals surface area contributed by atoms with E-state index in [0.717, 1.165) is 25.0 Å². The van der Waals surface area contributed by atoms with Crippen molar-refractivity contribution in [2.75, 3.05) is 18.9 Å². The summed E-state index contributed by atoms with van der Waals surface area (Å²) < 4.78 is 31.8. The Labute approximate surface area is 125 Å². The fourth-order valence-electron chi connectivity index (χ4n) is 2.27. The fraction of sp³-hybridized carbons (Fsp3) is 0.571. The van der Waals surface area contributed by atoms with Crippen molar-refractivity contribution in [1.29, 1.82) is 0 Å². The minimum Gasteiger partial charge on any atom is -0.378 e. The Kier molecular flexibility index (Phi) is 5.84. The number of benzene rings is 1. The molecule has 1 atom stereocenters. The van der Waals surface area contributed by atoms with Gasteiger partial charge in [-0.2, -0.15) is 0 Å². The lowest BCUT2D eigenvalue weighted by Crippen LogP contribution is -2.29. The first-order valence-electron chi connectivity index (χ1n) is 6.89. The Morgan fingerprint density at radius 3 is 2.85 bits per heavy atom. The van der Waals surface area contributed by atoms with Gasteiger partial charge in [-0.25, -0.2) is 13.1 Å². The molecule has 0 aliphatic carbocycles. The van der Waals surface area contributed by atoms with Crippen LogP contribution in [0, 0.1) is 0 Å². The van der Waals surface area contributed by atoms with Gasteiger partial charge in [-0.3, -0.25) is 0 Å². The van der Waals surface area contributed by atoms with Crippen LogP contribution in [0.1, 0.15) is 24.8 Å². The summed E-state index contributed by atoms with van der Waals surface area (Å²) in [6.07, 6.45) is 3.27. The molecule has 20 heavy (non-hydrogen) atoms. The molecule has 0 saturated carbocycles. The molecule has 2 rings (SSSR count). The van der Waals surface area contributed by atoms with Crippen LogP contribution in [0.4, 0.5) is 0 Å². The lowest BCUT2D eigenvalue weighted by atomic mass is 10.1. The summed E-state index contributed by atoms with van der Waals surface area (Å²) in [4.78, 5) is 0. The van der Waals surface area contributed by atoms with Gasteiger partial charge in [0.25, 0.3) is 0 Å². The average molecular weight is 318 g/mol. The van der Waals surface area contributed by atoms with E-state index in [2.05, 4.69) is 4.72 Å². The van der Waals surface area contributed by atoms with E-state index in [4.69, 9.17) is 16.3 Å². The Morgan fingerprint density at radius 2 is 2.15 bits per heavy atom. The predicted octanol–water partition coefficient (Wildman–Crippen LogP) is 2.37. The van der Waals surface area contributed by atoms with Crippen molar-refractivity contribution >= 4 is 21.6 Å². The number of nitrogens with one attached hydrogen (secondary N) is 1. The quantitative estimate of drug-likeness (QED) is 0.840. The molecule has 1 aromatic rings. The molecule has 0 unspecified atom stereocenters.